The van der Waals surface area contributed by atoms with Crippen LogP contribution in [-0.4, -0.2) is 37.2 Å². The van der Waals surface area contributed by atoms with E-state index in [1.165, 1.54) is 89.9 Å². The number of esters is 3. The monoisotopic (exact) mass is 929 g/mol. The van der Waals surface area contributed by atoms with Gasteiger partial charge in [0.25, 0.3) is 0 Å². The van der Waals surface area contributed by atoms with Gasteiger partial charge in [-0.2, -0.15) is 0 Å². The summed E-state index contributed by atoms with van der Waals surface area (Å²) in [5.74, 6) is -1.02. The summed E-state index contributed by atoms with van der Waals surface area (Å²) in [4.78, 5) is 38.0. The Hall–Kier alpha value is -3.93. The maximum Gasteiger partial charge on any atom is 0.306 e. The summed E-state index contributed by atoms with van der Waals surface area (Å²) in [5.41, 5.74) is 0. The molecule has 0 aliphatic heterocycles. The first kappa shape index (κ1) is 63.1. The minimum Gasteiger partial charge on any atom is -0.462 e. The Kier molecular flexibility index (Phi) is 51.5. The van der Waals surface area contributed by atoms with Gasteiger partial charge in [0.2, 0.25) is 0 Å². The van der Waals surface area contributed by atoms with Crippen LogP contribution in [0.4, 0.5) is 0 Å². The summed E-state index contributed by atoms with van der Waals surface area (Å²) in [7, 11) is 0. The lowest BCUT2D eigenvalue weighted by Gasteiger charge is -2.18. The third-order valence-electron chi connectivity index (χ3n) is 11.2. The zero-order valence-corrected chi connectivity index (χ0v) is 43.4. The van der Waals surface area contributed by atoms with Gasteiger partial charge in [-0.05, 0) is 116 Å². The summed E-state index contributed by atoms with van der Waals surface area (Å²) in [6, 6.07) is 0. The SMILES string of the molecule is CC/C=C\C/C=C\C/C=C\C/C=C\C/C=C\C/C=C\CCC(=O)OC[C@H](COC(=O)CCCCCCCCC/C=C\C/C=C\CCCCC)OC(=O)CCCCCCC/C=C\CCCCCC. The highest BCUT2D eigenvalue weighted by Gasteiger charge is 2.19. The molecule has 0 amide bonds. The van der Waals surface area contributed by atoms with E-state index in [1.54, 1.807) is 0 Å². The topological polar surface area (TPSA) is 78.9 Å². The first-order valence-corrected chi connectivity index (χ1v) is 27.4. The van der Waals surface area contributed by atoms with Crippen molar-refractivity contribution in [1.82, 2.24) is 0 Å². The quantitative estimate of drug-likeness (QED) is 0.0262. The smallest absolute Gasteiger partial charge is 0.306 e. The molecule has 67 heavy (non-hydrogen) atoms. The molecular weight excluding hydrogens is 829 g/mol. The van der Waals surface area contributed by atoms with Crippen LogP contribution < -0.4 is 0 Å². The van der Waals surface area contributed by atoms with Crippen molar-refractivity contribution in [2.45, 2.75) is 245 Å². The molecule has 1 atom stereocenters. The van der Waals surface area contributed by atoms with Crippen LogP contribution in [-0.2, 0) is 28.6 Å². The molecule has 0 fully saturated rings. The molecule has 6 nitrogen and oxygen atoms in total. The van der Waals surface area contributed by atoms with Gasteiger partial charge < -0.3 is 14.2 Å². The number of unbranched alkanes of at least 4 members (excludes halogenated alkanes) is 19. The normalized spacial score (nSPS) is 12.9. The summed E-state index contributed by atoms with van der Waals surface area (Å²) in [6.07, 6.45) is 73.7. The van der Waals surface area contributed by atoms with Gasteiger partial charge in [-0.25, -0.2) is 0 Å². The van der Waals surface area contributed by atoms with Crippen LogP contribution in [0.2, 0.25) is 0 Å². The van der Waals surface area contributed by atoms with Gasteiger partial charge in [0, 0.05) is 19.3 Å². The molecule has 0 aliphatic rings. The van der Waals surface area contributed by atoms with Crippen LogP contribution in [0.3, 0.4) is 0 Å². The lowest BCUT2D eigenvalue weighted by Crippen LogP contribution is -2.30. The fourth-order valence-electron chi connectivity index (χ4n) is 7.14. The summed E-state index contributed by atoms with van der Waals surface area (Å²) in [6.45, 7) is 6.40. The molecule has 0 aromatic heterocycles. The van der Waals surface area contributed by atoms with Gasteiger partial charge in [-0.3, -0.25) is 14.4 Å². The fraction of sp³-hybridized carbons (Fsp3) is 0.656. The van der Waals surface area contributed by atoms with Crippen molar-refractivity contribution in [3.8, 4) is 0 Å². The van der Waals surface area contributed by atoms with E-state index in [-0.39, 0.29) is 37.5 Å². The molecule has 0 aromatic rings. The highest BCUT2D eigenvalue weighted by molar-refractivity contribution is 5.71. The van der Waals surface area contributed by atoms with Crippen molar-refractivity contribution in [3.63, 3.8) is 0 Å². The first-order chi connectivity index (χ1) is 33.0. The number of hydrogen-bond acceptors (Lipinski definition) is 6. The van der Waals surface area contributed by atoms with E-state index >= 15 is 0 Å². The van der Waals surface area contributed by atoms with Crippen molar-refractivity contribution in [2.24, 2.45) is 0 Å². The molecule has 0 saturated heterocycles. The van der Waals surface area contributed by atoms with Crippen LogP contribution in [0.1, 0.15) is 239 Å². The second-order valence-electron chi connectivity index (χ2n) is 17.7. The third-order valence-corrected chi connectivity index (χ3v) is 11.2. The Morgan fingerprint density at radius 1 is 0.313 bits per heavy atom. The Bertz CT molecular complexity index is 1390. The Morgan fingerprint density at radius 2 is 0.612 bits per heavy atom. The summed E-state index contributed by atoms with van der Waals surface area (Å²) in [5, 5.41) is 0. The van der Waals surface area contributed by atoms with E-state index in [4.69, 9.17) is 14.2 Å². The molecule has 0 aliphatic carbocycles. The average molecular weight is 929 g/mol. The molecule has 0 bridgehead atoms. The average Bonchev–Trinajstić information content (AvgIpc) is 3.33. The maximum atomic E-state index is 12.8. The van der Waals surface area contributed by atoms with Crippen molar-refractivity contribution >= 4 is 17.9 Å². The zero-order chi connectivity index (χ0) is 48.6. The predicted octanol–water partition coefficient (Wildman–Crippen LogP) is 18.3. The van der Waals surface area contributed by atoms with Crippen LogP contribution in [0.25, 0.3) is 0 Å². The van der Waals surface area contributed by atoms with E-state index in [1.807, 2.05) is 6.08 Å². The van der Waals surface area contributed by atoms with E-state index in [2.05, 4.69) is 124 Å². The van der Waals surface area contributed by atoms with E-state index < -0.39 is 6.10 Å². The molecule has 0 radical (unpaired) electrons. The molecular formula is C61H100O6. The van der Waals surface area contributed by atoms with Crippen LogP contribution >= 0.6 is 0 Å². The molecule has 0 N–H and O–H groups in total. The zero-order valence-electron chi connectivity index (χ0n) is 43.4. The third kappa shape index (κ3) is 52.9. The number of allylic oxidation sites excluding steroid dienone is 18. The van der Waals surface area contributed by atoms with Gasteiger partial charge in [-0.1, -0.05) is 214 Å². The Labute approximate surface area is 412 Å². The fourth-order valence-corrected chi connectivity index (χ4v) is 7.14. The van der Waals surface area contributed by atoms with E-state index in [0.29, 0.717) is 19.3 Å². The summed E-state index contributed by atoms with van der Waals surface area (Å²) < 4.78 is 16.7. The van der Waals surface area contributed by atoms with Crippen LogP contribution in [0.5, 0.6) is 0 Å². The predicted molar refractivity (Wildman–Crippen MR) is 288 cm³/mol. The number of ether oxygens (including phenoxy) is 3. The number of rotatable bonds is 48. The van der Waals surface area contributed by atoms with Crippen molar-refractivity contribution in [1.29, 1.82) is 0 Å². The minimum absolute atomic E-state index is 0.110. The molecule has 6 heteroatoms. The molecule has 0 aromatic carbocycles. The largest absolute Gasteiger partial charge is 0.462 e. The standard InChI is InChI=1S/C61H100O6/c1-4-7-10-13-16-19-22-25-27-29-30-32-34-37-39-42-45-48-51-54-60(63)66-57-58(67-61(64)55-52-49-46-43-40-35-24-21-18-15-12-9-6-3)56-65-59(62)53-50-47-44-41-38-36-33-31-28-26-23-20-17-14-11-8-5-2/h7,10,16-17,19-21,24-28,30,32,37,39,45,48,58H,4-6,8-9,11-15,18,22-23,29,31,33-36,38,40-44,46-47,49-57H2,1-3H3/b10-7-,19-16-,20-17-,24-21-,27-25-,28-26-,32-30-,39-37-,48-45-/t58-/m0/s1. The highest BCUT2D eigenvalue weighted by atomic mass is 16.6. The minimum atomic E-state index is -0.818. The van der Waals surface area contributed by atoms with E-state index in [9.17, 15) is 14.4 Å². The van der Waals surface area contributed by atoms with Crippen molar-refractivity contribution in [3.05, 3.63) is 109 Å². The Morgan fingerprint density at radius 3 is 1.04 bits per heavy atom. The van der Waals surface area contributed by atoms with Crippen molar-refractivity contribution in [2.75, 3.05) is 13.2 Å². The van der Waals surface area contributed by atoms with Crippen molar-refractivity contribution < 1.29 is 28.6 Å². The molecule has 0 spiro atoms. The molecule has 380 valence electrons. The highest BCUT2D eigenvalue weighted by Crippen LogP contribution is 2.13. The van der Waals surface area contributed by atoms with Gasteiger partial charge in [0.15, 0.2) is 6.10 Å². The molecule has 0 rings (SSSR count). The van der Waals surface area contributed by atoms with E-state index in [0.717, 1.165) is 103 Å². The Balaban J connectivity index is 4.51. The molecule has 0 unspecified atom stereocenters. The first-order valence-electron chi connectivity index (χ1n) is 27.4. The molecule has 0 saturated carbocycles. The van der Waals surface area contributed by atoms with Gasteiger partial charge >= 0.3 is 17.9 Å². The number of carbonyl (C=O) groups excluding carboxylic acids is 3. The lowest BCUT2D eigenvalue weighted by molar-refractivity contribution is -0.166. The number of hydrogen-bond donors (Lipinski definition) is 0. The van der Waals surface area contributed by atoms with Gasteiger partial charge in [0.05, 0.1) is 0 Å². The second-order valence-corrected chi connectivity index (χ2v) is 17.7. The molecule has 0 heterocycles. The van der Waals surface area contributed by atoms with Crippen LogP contribution in [0.15, 0.2) is 109 Å². The second kappa shape index (κ2) is 54.7. The van der Waals surface area contributed by atoms with Crippen LogP contribution in [0, 0.1) is 0 Å². The maximum absolute atomic E-state index is 12.8. The summed E-state index contributed by atoms with van der Waals surface area (Å²) >= 11 is 0. The number of carbonyl (C=O) groups is 3. The van der Waals surface area contributed by atoms with Gasteiger partial charge in [0.1, 0.15) is 13.2 Å². The van der Waals surface area contributed by atoms with Gasteiger partial charge in [-0.15, -0.1) is 0 Å². The lowest BCUT2D eigenvalue weighted by atomic mass is 10.1.